The minimum Gasteiger partial charge on any atom is -0.481 e. The van der Waals surface area contributed by atoms with Gasteiger partial charge in [0.1, 0.15) is 0 Å². The Kier molecular flexibility index (Phi) is 4.70. The summed E-state index contributed by atoms with van der Waals surface area (Å²) in [4.78, 5) is 30.1. The third-order valence-corrected chi connectivity index (χ3v) is 4.12. The number of fused-ring (bicyclic) bond motifs is 1. The predicted molar refractivity (Wildman–Crippen MR) is 91.6 cm³/mol. The minimum atomic E-state index is -0.927. The molecule has 1 atom stereocenters. The fraction of sp³-hybridized carbons (Fsp3) is 0.316. The number of carboxylic acids is 1. The van der Waals surface area contributed by atoms with Crippen LogP contribution in [0.25, 0.3) is 0 Å². The van der Waals surface area contributed by atoms with E-state index in [0.717, 1.165) is 11.1 Å². The lowest BCUT2D eigenvalue weighted by atomic mass is 9.89. The first-order valence-electron chi connectivity index (χ1n) is 8.18. The highest BCUT2D eigenvalue weighted by molar-refractivity contribution is 5.94. The van der Waals surface area contributed by atoms with Gasteiger partial charge in [0.2, 0.25) is 5.88 Å². The van der Waals surface area contributed by atoms with Crippen LogP contribution in [0.4, 0.5) is 0 Å². The van der Waals surface area contributed by atoms with Crippen molar-refractivity contribution in [3.8, 4) is 5.88 Å². The minimum absolute atomic E-state index is 0.00368. The number of aliphatic carboxylic acids is 1. The molecule has 6 nitrogen and oxygen atoms in total. The van der Waals surface area contributed by atoms with Gasteiger partial charge >= 0.3 is 5.97 Å². The van der Waals surface area contributed by atoms with E-state index in [1.165, 1.54) is 6.20 Å². The van der Waals surface area contributed by atoms with Crippen molar-refractivity contribution in [1.29, 1.82) is 0 Å². The van der Waals surface area contributed by atoms with Crippen LogP contribution in [0.2, 0.25) is 0 Å². The van der Waals surface area contributed by atoms with Crippen molar-refractivity contribution < 1.29 is 19.4 Å². The number of nitrogens with zero attached hydrogens (tertiary/aromatic N) is 2. The summed E-state index contributed by atoms with van der Waals surface area (Å²) >= 11 is 0. The van der Waals surface area contributed by atoms with Crippen molar-refractivity contribution in [2.75, 3.05) is 6.54 Å². The van der Waals surface area contributed by atoms with E-state index in [-0.39, 0.29) is 18.6 Å². The van der Waals surface area contributed by atoms with E-state index in [2.05, 4.69) is 4.98 Å². The number of carbonyl (C=O) groups is 2. The molecule has 0 bridgehead atoms. The standard InChI is InChI=1S/C19H20N2O4/c1-12(2)25-17-8-7-13(9-20-17)18(22)21-10-14-5-3-4-6-15(14)16(11-21)19(23)24/h3-9,12,16H,10-11H2,1-2H3,(H,23,24). The third-order valence-electron chi connectivity index (χ3n) is 4.12. The Morgan fingerprint density at radius 2 is 2.00 bits per heavy atom. The second kappa shape index (κ2) is 6.93. The molecule has 0 aliphatic carbocycles. The Hall–Kier alpha value is -2.89. The molecule has 1 amide bonds. The van der Waals surface area contributed by atoms with Crippen LogP contribution in [-0.2, 0) is 11.3 Å². The summed E-state index contributed by atoms with van der Waals surface area (Å²) in [5.74, 6) is -1.42. The van der Waals surface area contributed by atoms with Crippen LogP contribution in [0.3, 0.4) is 0 Å². The van der Waals surface area contributed by atoms with Gasteiger partial charge in [-0.2, -0.15) is 0 Å². The number of hydrogen-bond donors (Lipinski definition) is 1. The summed E-state index contributed by atoms with van der Waals surface area (Å²) in [6.45, 7) is 4.34. The molecule has 0 saturated carbocycles. The van der Waals surface area contributed by atoms with Crippen LogP contribution in [0.15, 0.2) is 42.6 Å². The van der Waals surface area contributed by atoms with Gasteiger partial charge in [0, 0.05) is 25.4 Å². The molecule has 3 rings (SSSR count). The topological polar surface area (TPSA) is 79.7 Å². The Morgan fingerprint density at radius 3 is 2.64 bits per heavy atom. The summed E-state index contributed by atoms with van der Waals surface area (Å²) < 4.78 is 5.48. The van der Waals surface area contributed by atoms with Gasteiger partial charge < -0.3 is 14.7 Å². The van der Waals surface area contributed by atoms with Crippen LogP contribution in [0, 0.1) is 0 Å². The molecule has 1 N–H and O–H groups in total. The van der Waals surface area contributed by atoms with Crippen LogP contribution in [0.1, 0.15) is 41.3 Å². The molecule has 0 spiro atoms. The van der Waals surface area contributed by atoms with Gasteiger partial charge in [-0.25, -0.2) is 4.98 Å². The lowest BCUT2D eigenvalue weighted by Gasteiger charge is -2.32. The van der Waals surface area contributed by atoms with E-state index in [1.54, 1.807) is 17.0 Å². The molecule has 1 aromatic heterocycles. The molecule has 2 heterocycles. The number of ether oxygens (including phenoxy) is 1. The number of rotatable bonds is 4. The fourth-order valence-electron chi connectivity index (χ4n) is 2.97. The van der Waals surface area contributed by atoms with Gasteiger partial charge in [0.05, 0.1) is 17.6 Å². The average molecular weight is 340 g/mol. The van der Waals surface area contributed by atoms with Gasteiger partial charge in [0.15, 0.2) is 0 Å². The third kappa shape index (κ3) is 3.63. The van der Waals surface area contributed by atoms with Crippen LogP contribution in [0.5, 0.6) is 5.88 Å². The molecular formula is C19H20N2O4. The number of pyridine rings is 1. The molecular weight excluding hydrogens is 320 g/mol. The molecule has 25 heavy (non-hydrogen) atoms. The largest absolute Gasteiger partial charge is 0.481 e. The summed E-state index contributed by atoms with van der Waals surface area (Å²) in [6, 6.07) is 10.7. The molecule has 130 valence electrons. The van der Waals surface area contributed by atoms with E-state index in [1.807, 2.05) is 38.1 Å². The first-order chi connectivity index (χ1) is 12.0. The van der Waals surface area contributed by atoms with Crippen LogP contribution in [-0.4, -0.2) is 39.5 Å². The van der Waals surface area contributed by atoms with E-state index in [0.29, 0.717) is 18.0 Å². The molecule has 6 heteroatoms. The Morgan fingerprint density at radius 1 is 1.24 bits per heavy atom. The highest BCUT2D eigenvalue weighted by atomic mass is 16.5. The molecule has 1 aromatic carbocycles. The Balaban J connectivity index is 1.82. The molecule has 0 radical (unpaired) electrons. The van der Waals surface area contributed by atoms with E-state index < -0.39 is 11.9 Å². The quantitative estimate of drug-likeness (QED) is 0.926. The highest BCUT2D eigenvalue weighted by Gasteiger charge is 2.32. The Labute approximate surface area is 146 Å². The van der Waals surface area contributed by atoms with Crippen molar-refractivity contribution in [3.05, 3.63) is 59.3 Å². The van der Waals surface area contributed by atoms with Crippen molar-refractivity contribution in [3.63, 3.8) is 0 Å². The van der Waals surface area contributed by atoms with Crippen molar-refractivity contribution in [2.24, 2.45) is 0 Å². The number of aromatic nitrogens is 1. The number of benzene rings is 1. The highest BCUT2D eigenvalue weighted by Crippen LogP contribution is 2.29. The van der Waals surface area contributed by atoms with Crippen molar-refractivity contribution in [2.45, 2.75) is 32.4 Å². The van der Waals surface area contributed by atoms with E-state index >= 15 is 0 Å². The molecule has 1 aliphatic rings. The monoisotopic (exact) mass is 340 g/mol. The first-order valence-corrected chi connectivity index (χ1v) is 8.18. The lowest BCUT2D eigenvalue weighted by molar-refractivity contribution is -0.139. The summed E-state index contributed by atoms with van der Waals surface area (Å²) in [5.41, 5.74) is 2.06. The molecule has 0 saturated heterocycles. The number of carbonyl (C=O) groups excluding carboxylic acids is 1. The average Bonchev–Trinajstić information content (AvgIpc) is 2.60. The normalized spacial score (nSPS) is 16.4. The van der Waals surface area contributed by atoms with Gasteiger partial charge in [-0.3, -0.25) is 9.59 Å². The summed E-state index contributed by atoms with van der Waals surface area (Å²) in [5, 5.41) is 9.51. The van der Waals surface area contributed by atoms with Gasteiger partial charge in [-0.1, -0.05) is 24.3 Å². The zero-order chi connectivity index (χ0) is 18.0. The maximum absolute atomic E-state index is 12.8. The number of amides is 1. The summed E-state index contributed by atoms with van der Waals surface area (Å²) in [7, 11) is 0. The number of carboxylic acid groups (broad SMARTS) is 1. The molecule has 0 fully saturated rings. The molecule has 1 aliphatic heterocycles. The van der Waals surface area contributed by atoms with Gasteiger partial charge in [0.25, 0.3) is 5.91 Å². The maximum atomic E-state index is 12.8. The number of hydrogen-bond acceptors (Lipinski definition) is 4. The first kappa shape index (κ1) is 17.0. The molecule has 2 aromatic rings. The second-order valence-electron chi connectivity index (χ2n) is 6.33. The predicted octanol–water partition coefficient (Wildman–Crippen LogP) is 2.69. The van der Waals surface area contributed by atoms with E-state index in [4.69, 9.17) is 4.74 Å². The second-order valence-corrected chi connectivity index (χ2v) is 6.33. The van der Waals surface area contributed by atoms with Gasteiger partial charge in [-0.15, -0.1) is 0 Å². The summed E-state index contributed by atoms with van der Waals surface area (Å²) in [6.07, 6.45) is 1.47. The van der Waals surface area contributed by atoms with Crippen LogP contribution >= 0.6 is 0 Å². The maximum Gasteiger partial charge on any atom is 0.312 e. The van der Waals surface area contributed by atoms with Crippen LogP contribution < -0.4 is 4.74 Å². The molecule has 1 unspecified atom stereocenters. The van der Waals surface area contributed by atoms with E-state index in [9.17, 15) is 14.7 Å². The smallest absolute Gasteiger partial charge is 0.312 e. The Bertz CT molecular complexity index is 786. The zero-order valence-corrected chi connectivity index (χ0v) is 14.2. The lowest BCUT2D eigenvalue weighted by Crippen LogP contribution is -2.40. The fourth-order valence-corrected chi connectivity index (χ4v) is 2.97. The SMILES string of the molecule is CC(C)Oc1ccc(C(=O)N2Cc3ccccc3C(C(=O)O)C2)cn1. The zero-order valence-electron chi connectivity index (χ0n) is 14.2. The van der Waals surface area contributed by atoms with Gasteiger partial charge in [-0.05, 0) is 31.0 Å². The van der Waals surface area contributed by atoms with Crippen molar-refractivity contribution in [1.82, 2.24) is 9.88 Å². The van der Waals surface area contributed by atoms with Crippen molar-refractivity contribution >= 4 is 11.9 Å².